The van der Waals surface area contributed by atoms with E-state index in [2.05, 4.69) is 0 Å². The van der Waals surface area contributed by atoms with Crippen LogP contribution < -0.4 is 0 Å². The lowest BCUT2D eigenvalue weighted by molar-refractivity contribution is 0.146. The molecule has 1 aromatic rings. The molecule has 0 aromatic heterocycles. The molecule has 0 radical (unpaired) electrons. The molecule has 1 atom stereocenters. The average molecular weight is 202 g/mol. The molecule has 0 bridgehead atoms. The van der Waals surface area contributed by atoms with Crippen LogP contribution in [0.3, 0.4) is 0 Å². The van der Waals surface area contributed by atoms with Crippen molar-refractivity contribution in [1.82, 2.24) is 0 Å². The second-order valence-electron chi connectivity index (χ2n) is 3.28. The van der Waals surface area contributed by atoms with Gasteiger partial charge < -0.3 is 4.74 Å². The molecule has 1 aliphatic heterocycles. The number of hydrogen-bond acceptors (Lipinski definition) is 1. The van der Waals surface area contributed by atoms with Gasteiger partial charge in [-0.3, -0.25) is 0 Å². The Kier molecular flexibility index (Phi) is 2.46. The van der Waals surface area contributed by atoms with Gasteiger partial charge in [0.2, 0.25) is 0 Å². The van der Waals surface area contributed by atoms with E-state index in [0.717, 1.165) is 6.07 Å². The maximum Gasteiger partial charge on any atom is 0.266 e. The molecule has 76 valence electrons. The van der Waals surface area contributed by atoms with Gasteiger partial charge in [-0.25, -0.2) is 13.2 Å². The van der Waals surface area contributed by atoms with Crippen LogP contribution in [-0.2, 0) is 11.2 Å². The lowest BCUT2D eigenvalue weighted by Gasteiger charge is -2.05. The van der Waals surface area contributed by atoms with Crippen LogP contribution in [0.2, 0.25) is 0 Å². The maximum absolute atomic E-state index is 13.4. The van der Waals surface area contributed by atoms with Crippen molar-refractivity contribution in [2.24, 2.45) is 0 Å². The normalized spacial score (nSPS) is 20.1. The molecule has 1 unspecified atom stereocenters. The molecule has 0 saturated carbocycles. The number of alkyl halides is 2. The first-order valence-electron chi connectivity index (χ1n) is 4.35. The Labute approximate surface area is 79.5 Å². The molecule has 1 nitrogen and oxygen atoms in total. The highest BCUT2D eigenvalue weighted by Crippen LogP contribution is 2.26. The number of halogens is 3. The summed E-state index contributed by atoms with van der Waals surface area (Å²) in [6, 6.07) is 4.07. The highest BCUT2D eigenvalue weighted by atomic mass is 19.3. The molecule has 0 N–H and O–H groups in total. The van der Waals surface area contributed by atoms with Gasteiger partial charge in [0.1, 0.15) is 5.82 Å². The SMILES string of the molecule is Fc1c(CC2CO2)cccc1C(F)F. The van der Waals surface area contributed by atoms with Crippen LogP contribution >= 0.6 is 0 Å². The predicted molar refractivity (Wildman–Crippen MR) is 44.8 cm³/mol. The third-order valence-corrected chi connectivity index (χ3v) is 2.19. The monoisotopic (exact) mass is 202 g/mol. The van der Waals surface area contributed by atoms with Gasteiger partial charge in [-0.05, 0) is 5.56 Å². The maximum atomic E-state index is 13.4. The van der Waals surface area contributed by atoms with Crippen LogP contribution in [0, 0.1) is 5.82 Å². The van der Waals surface area contributed by atoms with Crippen LogP contribution in [-0.4, -0.2) is 12.7 Å². The average Bonchev–Trinajstić information content (AvgIpc) is 2.92. The summed E-state index contributed by atoms with van der Waals surface area (Å²) in [6.45, 7) is 0.596. The summed E-state index contributed by atoms with van der Waals surface area (Å²) in [7, 11) is 0. The molecular formula is C10H9F3O. The second kappa shape index (κ2) is 3.61. The van der Waals surface area contributed by atoms with Crippen LogP contribution in [0.4, 0.5) is 13.2 Å². The van der Waals surface area contributed by atoms with E-state index in [9.17, 15) is 13.2 Å². The van der Waals surface area contributed by atoms with E-state index in [-0.39, 0.29) is 6.10 Å². The van der Waals surface area contributed by atoms with Crippen molar-refractivity contribution in [3.05, 3.63) is 35.1 Å². The molecule has 14 heavy (non-hydrogen) atoms. The summed E-state index contributed by atoms with van der Waals surface area (Å²) < 4.78 is 42.9. The Morgan fingerprint density at radius 1 is 1.43 bits per heavy atom. The van der Waals surface area contributed by atoms with Gasteiger partial charge in [0.05, 0.1) is 18.3 Å². The largest absolute Gasteiger partial charge is 0.373 e. The van der Waals surface area contributed by atoms with Crippen molar-refractivity contribution in [2.45, 2.75) is 19.0 Å². The van der Waals surface area contributed by atoms with E-state index in [1.165, 1.54) is 12.1 Å². The van der Waals surface area contributed by atoms with Gasteiger partial charge in [-0.2, -0.15) is 0 Å². The van der Waals surface area contributed by atoms with Gasteiger partial charge in [0.15, 0.2) is 0 Å². The zero-order chi connectivity index (χ0) is 10.1. The molecule has 1 heterocycles. The van der Waals surface area contributed by atoms with E-state index in [1.54, 1.807) is 0 Å². The van der Waals surface area contributed by atoms with E-state index in [4.69, 9.17) is 4.74 Å². The second-order valence-corrected chi connectivity index (χ2v) is 3.28. The number of ether oxygens (including phenoxy) is 1. The minimum atomic E-state index is -2.75. The highest BCUT2D eigenvalue weighted by molar-refractivity contribution is 5.27. The van der Waals surface area contributed by atoms with Crippen LogP contribution in [0.1, 0.15) is 17.6 Å². The fourth-order valence-electron chi connectivity index (χ4n) is 1.36. The van der Waals surface area contributed by atoms with Gasteiger partial charge >= 0.3 is 0 Å². The van der Waals surface area contributed by atoms with Crippen LogP contribution in [0.25, 0.3) is 0 Å². The minimum absolute atomic E-state index is 0.0115. The smallest absolute Gasteiger partial charge is 0.266 e. The Bertz CT molecular complexity index is 334. The van der Waals surface area contributed by atoms with Gasteiger partial charge in [0.25, 0.3) is 6.43 Å². The van der Waals surface area contributed by atoms with Crippen molar-refractivity contribution in [1.29, 1.82) is 0 Å². The molecule has 0 aliphatic carbocycles. The molecule has 1 saturated heterocycles. The van der Waals surface area contributed by atoms with E-state index in [1.807, 2.05) is 0 Å². The summed E-state index contributed by atoms with van der Waals surface area (Å²) in [4.78, 5) is 0. The number of hydrogen-bond donors (Lipinski definition) is 0. The van der Waals surface area contributed by atoms with E-state index < -0.39 is 17.8 Å². The van der Waals surface area contributed by atoms with Crippen LogP contribution in [0.15, 0.2) is 18.2 Å². The zero-order valence-corrected chi connectivity index (χ0v) is 7.34. The van der Waals surface area contributed by atoms with Gasteiger partial charge in [0, 0.05) is 6.42 Å². The summed E-state index contributed by atoms with van der Waals surface area (Å²) >= 11 is 0. The van der Waals surface area contributed by atoms with Crippen molar-refractivity contribution in [3.8, 4) is 0 Å². The molecule has 2 rings (SSSR count). The van der Waals surface area contributed by atoms with E-state index in [0.29, 0.717) is 18.6 Å². The molecule has 1 aliphatic rings. The minimum Gasteiger partial charge on any atom is -0.373 e. The van der Waals surface area contributed by atoms with Crippen molar-refractivity contribution in [2.75, 3.05) is 6.61 Å². The first kappa shape index (κ1) is 9.52. The Hall–Kier alpha value is -1.03. The van der Waals surface area contributed by atoms with Crippen molar-refractivity contribution >= 4 is 0 Å². The first-order valence-corrected chi connectivity index (χ1v) is 4.35. The Balaban J connectivity index is 2.25. The lowest BCUT2D eigenvalue weighted by atomic mass is 10.1. The first-order chi connectivity index (χ1) is 6.68. The van der Waals surface area contributed by atoms with E-state index >= 15 is 0 Å². The highest BCUT2D eigenvalue weighted by Gasteiger charge is 2.25. The standard InChI is InChI=1S/C10H9F3O/c11-9-6(4-7-5-14-7)2-1-3-8(9)10(12)13/h1-3,7,10H,4-5H2. The summed E-state index contributed by atoms with van der Waals surface area (Å²) in [5, 5.41) is 0. The summed E-state index contributed by atoms with van der Waals surface area (Å²) in [5.41, 5.74) is -0.214. The zero-order valence-electron chi connectivity index (χ0n) is 7.34. The topological polar surface area (TPSA) is 12.5 Å². The fraction of sp³-hybridized carbons (Fsp3) is 0.400. The third kappa shape index (κ3) is 1.90. The van der Waals surface area contributed by atoms with Gasteiger partial charge in [-0.1, -0.05) is 18.2 Å². The predicted octanol–water partition coefficient (Wildman–Crippen LogP) is 2.70. The number of rotatable bonds is 3. The number of epoxide rings is 1. The quantitative estimate of drug-likeness (QED) is 0.686. The Morgan fingerprint density at radius 2 is 2.14 bits per heavy atom. The molecule has 0 amide bonds. The third-order valence-electron chi connectivity index (χ3n) is 2.19. The fourth-order valence-corrected chi connectivity index (χ4v) is 1.36. The molecule has 4 heteroatoms. The molecule has 1 fully saturated rings. The van der Waals surface area contributed by atoms with Gasteiger partial charge in [-0.15, -0.1) is 0 Å². The summed E-state index contributed by atoms with van der Waals surface area (Å²) in [6.07, 6.45) is -2.36. The Morgan fingerprint density at radius 3 is 2.71 bits per heavy atom. The van der Waals surface area contributed by atoms with Crippen molar-refractivity contribution in [3.63, 3.8) is 0 Å². The molecular weight excluding hydrogens is 193 g/mol. The molecule has 1 aromatic carbocycles. The van der Waals surface area contributed by atoms with Crippen molar-refractivity contribution < 1.29 is 17.9 Å². The molecule has 0 spiro atoms. The summed E-state index contributed by atoms with van der Waals surface area (Å²) in [5.74, 6) is -0.794. The lowest BCUT2D eigenvalue weighted by Crippen LogP contribution is -2.00. The van der Waals surface area contributed by atoms with Crippen LogP contribution in [0.5, 0.6) is 0 Å². The number of benzene rings is 1.